The number of halogens is 2. The summed E-state index contributed by atoms with van der Waals surface area (Å²) in [4.78, 5) is 36.0. The standard InChI is InChI=1S/C22H26Cl2N6O2/c23-15-5-3-12(8-16(15)24)9-17(25)21(32)30-7-1-2-19(30)20(31)28-14-4-6-18-13(10-14)11-27-22(26)29-18/h3,5,8,11,14,17,19H,1-2,4,6-7,9-10,25H2,(H,28,31)(H2,26,27,29). The predicted molar refractivity (Wildman–Crippen MR) is 123 cm³/mol. The lowest BCUT2D eigenvalue weighted by Gasteiger charge is -2.30. The Bertz CT molecular complexity index is 1030. The zero-order chi connectivity index (χ0) is 22.8. The van der Waals surface area contributed by atoms with Crippen molar-refractivity contribution in [3.05, 3.63) is 51.3 Å². The number of nitrogens with two attached hydrogens (primary N) is 2. The van der Waals surface area contributed by atoms with Crippen molar-refractivity contribution in [3.8, 4) is 0 Å². The molecule has 1 saturated heterocycles. The number of rotatable bonds is 5. The fraction of sp³-hybridized carbons (Fsp3) is 0.455. The monoisotopic (exact) mass is 476 g/mol. The van der Waals surface area contributed by atoms with E-state index in [9.17, 15) is 9.59 Å². The van der Waals surface area contributed by atoms with E-state index in [1.807, 2.05) is 0 Å². The average molecular weight is 477 g/mol. The van der Waals surface area contributed by atoms with Crippen molar-refractivity contribution in [2.45, 2.75) is 56.7 Å². The van der Waals surface area contributed by atoms with E-state index < -0.39 is 12.1 Å². The molecule has 0 radical (unpaired) electrons. The molecule has 2 aliphatic rings. The van der Waals surface area contributed by atoms with Gasteiger partial charge in [0.2, 0.25) is 17.8 Å². The summed E-state index contributed by atoms with van der Waals surface area (Å²) >= 11 is 12.0. The summed E-state index contributed by atoms with van der Waals surface area (Å²) in [5, 5.41) is 3.98. The van der Waals surface area contributed by atoms with Crippen LogP contribution < -0.4 is 16.8 Å². The van der Waals surface area contributed by atoms with E-state index in [1.54, 1.807) is 29.3 Å². The molecule has 32 heavy (non-hydrogen) atoms. The summed E-state index contributed by atoms with van der Waals surface area (Å²) in [6.07, 6.45) is 5.59. The number of fused-ring (bicyclic) bond motifs is 1. The predicted octanol–water partition coefficient (Wildman–Crippen LogP) is 1.90. The van der Waals surface area contributed by atoms with Crippen LogP contribution in [0.3, 0.4) is 0 Å². The molecular formula is C22H26Cl2N6O2. The number of anilines is 1. The van der Waals surface area contributed by atoms with Gasteiger partial charge in [0.15, 0.2) is 0 Å². The maximum atomic E-state index is 13.0. The van der Waals surface area contributed by atoms with Crippen LogP contribution in [0.4, 0.5) is 5.95 Å². The van der Waals surface area contributed by atoms with Crippen LogP contribution in [0.1, 0.15) is 36.1 Å². The molecular weight excluding hydrogens is 451 g/mol. The largest absolute Gasteiger partial charge is 0.368 e. The van der Waals surface area contributed by atoms with E-state index in [0.29, 0.717) is 35.9 Å². The molecule has 5 N–H and O–H groups in total. The van der Waals surface area contributed by atoms with Gasteiger partial charge in [-0.1, -0.05) is 29.3 Å². The molecule has 4 rings (SSSR count). The molecule has 2 amide bonds. The molecule has 3 unspecified atom stereocenters. The van der Waals surface area contributed by atoms with E-state index in [-0.39, 0.29) is 23.8 Å². The number of nitrogens with one attached hydrogen (secondary N) is 1. The second-order valence-corrected chi connectivity index (χ2v) is 9.21. The average Bonchev–Trinajstić information content (AvgIpc) is 3.26. The van der Waals surface area contributed by atoms with Crippen LogP contribution in [-0.4, -0.2) is 51.4 Å². The van der Waals surface area contributed by atoms with Crippen molar-refractivity contribution < 1.29 is 9.59 Å². The highest BCUT2D eigenvalue weighted by Crippen LogP contribution is 2.25. The second-order valence-electron chi connectivity index (χ2n) is 8.40. The van der Waals surface area contributed by atoms with Crippen molar-refractivity contribution >= 4 is 41.0 Å². The highest BCUT2D eigenvalue weighted by Gasteiger charge is 2.37. The molecule has 1 aliphatic heterocycles. The van der Waals surface area contributed by atoms with Gasteiger partial charge in [-0.05, 0) is 61.8 Å². The number of amides is 2. The number of hydrogen-bond acceptors (Lipinski definition) is 6. The SMILES string of the molecule is Nc1ncc2c(n1)CCC(NC(=O)C1CCCN1C(=O)C(N)Cc1ccc(Cl)c(Cl)c1)C2. The Labute approximate surface area is 196 Å². The number of nitrogen functional groups attached to an aromatic ring is 1. The highest BCUT2D eigenvalue weighted by molar-refractivity contribution is 6.42. The summed E-state index contributed by atoms with van der Waals surface area (Å²) in [5.41, 5.74) is 14.6. The number of nitrogens with zero attached hydrogens (tertiary/aromatic N) is 3. The fourth-order valence-electron chi connectivity index (χ4n) is 4.47. The number of aryl methyl sites for hydroxylation is 1. The minimum atomic E-state index is -0.759. The number of likely N-dealkylation sites (tertiary alicyclic amines) is 1. The van der Waals surface area contributed by atoms with Crippen LogP contribution in [0.5, 0.6) is 0 Å². The Morgan fingerprint density at radius 2 is 2.06 bits per heavy atom. The lowest BCUT2D eigenvalue weighted by atomic mass is 9.92. The van der Waals surface area contributed by atoms with E-state index in [1.165, 1.54) is 0 Å². The van der Waals surface area contributed by atoms with Gasteiger partial charge in [0, 0.05) is 24.5 Å². The lowest BCUT2D eigenvalue weighted by molar-refractivity contribution is -0.139. The normalized spacial score (nSPS) is 21.2. The molecule has 1 aromatic heterocycles. The van der Waals surface area contributed by atoms with Crippen LogP contribution in [-0.2, 0) is 28.9 Å². The molecule has 2 aromatic rings. The third-order valence-corrected chi connectivity index (χ3v) is 6.85. The molecule has 0 saturated carbocycles. The van der Waals surface area contributed by atoms with Gasteiger partial charge in [-0.3, -0.25) is 9.59 Å². The van der Waals surface area contributed by atoms with Crippen molar-refractivity contribution in [2.75, 3.05) is 12.3 Å². The molecule has 8 nitrogen and oxygen atoms in total. The first-order valence-corrected chi connectivity index (χ1v) is 11.5. The second kappa shape index (κ2) is 9.60. The number of carbonyl (C=O) groups excluding carboxylic acids is 2. The molecule has 170 valence electrons. The minimum Gasteiger partial charge on any atom is -0.368 e. The first-order valence-electron chi connectivity index (χ1n) is 10.7. The maximum absolute atomic E-state index is 13.0. The van der Waals surface area contributed by atoms with Crippen molar-refractivity contribution in [2.24, 2.45) is 5.73 Å². The Hall–Kier alpha value is -2.42. The summed E-state index contributed by atoms with van der Waals surface area (Å²) in [6, 6.07) is 3.91. The molecule has 1 aliphatic carbocycles. The molecule has 0 bridgehead atoms. The third kappa shape index (κ3) is 4.98. The highest BCUT2D eigenvalue weighted by atomic mass is 35.5. The Balaban J connectivity index is 1.37. The molecule has 0 spiro atoms. The van der Waals surface area contributed by atoms with E-state index in [4.69, 9.17) is 34.7 Å². The van der Waals surface area contributed by atoms with Crippen LogP contribution in [0.15, 0.2) is 24.4 Å². The smallest absolute Gasteiger partial charge is 0.243 e. The number of aromatic nitrogens is 2. The van der Waals surface area contributed by atoms with Gasteiger partial charge in [0.1, 0.15) is 6.04 Å². The topological polar surface area (TPSA) is 127 Å². The Kier molecular flexibility index (Phi) is 6.83. The van der Waals surface area contributed by atoms with Crippen LogP contribution in [0, 0.1) is 0 Å². The Morgan fingerprint density at radius 3 is 2.84 bits per heavy atom. The molecule has 3 atom stereocenters. The molecule has 1 aromatic carbocycles. The van der Waals surface area contributed by atoms with Gasteiger partial charge >= 0.3 is 0 Å². The minimum absolute atomic E-state index is 0.0235. The maximum Gasteiger partial charge on any atom is 0.243 e. The summed E-state index contributed by atoms with van der Waals surface area (Å²) < 4.78 is 0. The third-order valence-electron chi connectivity index (χ3n) is 6.11. The molecule has 10 heteroatoms. The summed E-state index contributed by atoms with van der Waals surface area (Å²) in [5.74, 6) is -0.0995. The first kappa shape index (κ1) is 22.8. The van der Waals surface area contributed by atoms with E-state index in [0.717, 1.165) is 36.1 Å². The van der Waals surface area contributed by atoms with Crippen molar-refractivity contribution in [1.82, 2.24) is 20.2 Å². The van der Waals surface area contributed by atoms with Crippen LogP contribution >= 0.6 is 23.2 Å². The van der Waals surface area contributed by atoms with Gasteiger partial charge in [0.25, 0.3) is 0 Å². The van der Waals surface area contributed by atoms with Gasteiger partial charge in [-0.15, -0.1) is 0 Å². The fourth-order valence-corrected chi connectivity index (χ4v) is 4.79. The zero-order valence-electron chi connectivity index (χ0n) is 17.6. The summed E-state index contributed by atoms with van der Waals surface area (Å²) in [6.45, 7) is 0.520. The van der Waals surface area contributed by atoms with Crippen molar-refractivity contribution in [1.29, 1.82) is 0 Å². The lowest BCUT2D eigenvalue weighted by Crippen LogP contribution is -2.53. The van der Waals surface area contributed by atoms with Crippen LogP contribution in [0.2, 0.25) is 10.0 Å². The van der Waals surface area contributed by atoms with Gasteiger partial charge < -0.3 is 21.7 Å². The zero-order valence-corrected chi connectivity index (χ0v) is 19.1. The number of hydrogen-bond donors (Lipinski definition) is 3. The van der Waals surface area contributed by atoms with Gasteiger partial charge in [-0.2, -0.15) is 0 Å². The Morgan fingerprint density at radius 1 is 1.25 bits per heavy atom. The quantitative estimate of drug-likeness (QED) is 0.604. The summed E-state index contributed by atoms with van der Waals surface area (Å²) in [7, 11) is 0. The van der Waals surface area contributed by atoms with Gasteiger partial charge in [-0.25, -0.2) is 9.97 Å². The van der Waals surface area contributed by atoms with E-state index >= 15 is 0 Å². The first-order chi connectivity index (χ1) is 15.3. The number of carbonyl (C=O) groups is 2. The van der Waals surface area contributed by atoms with Gasteiger partial charge in [0.05, 0.1) is 16.1 Å². The van der Waals surface area contributed by atoms with Crippen molar-refractivity contribution in [3.63, 3.8) is 0 Å². The van der Waals surface area contributed by atoms with Crippen LogP contribution in [0.25, 0.3) is 0 Å². The van der Waals surface area contributed by atoms with E-state index in [2.05, 4.69) is 15.3 Å². The number of benzene rings is 1. The molecule has 2 heterocycles. The molecule has 1 fully saturated rings.